The van der Waals surface area contributed by atoms with E-state index in [4.69, 9.17) is 39.5 Å². The molecular formula is C17H17Cl3N2O2. The van der Waals surface area contributed by atoms with Gasteiger partial charge in [0.1, 0.15) is 5.75 Å². The van der Waals surface area contributed by atoms with Crippen molar-refractivity contribution in [2.75, 3.05) is 26.0 Å². The molecule has 0 saturated heterocycles. The number of benzene rings is 2. The Kier molecular flexibility index (Phi) is 6.75. The molecule has 0 fully saturated rings. The number of nitrogens with zero attached hydrogens (tertiary/aromatic N) is 1. The van der Waals surface area contributed by atoms with Gasteiger partial charge in [-0.3, -0.25) is 9.69 Å². The van der Waals surface area contributed by atoms with Crippen LogP contribution in [0.3, 0.4) is 0 Å². The van der Waals surface area contributed by atoms with E-state index in [-0.39, 0.29) is 12.5 Å². The summed E-state index contributed by atoms with van der Waals surface area (Å²) in [5, 5.41) is 3.74. The Labute approximate surface area is 156 Å². The summed E-state index contributed by atoms with van der Waals surface area (Å²) >= 11 is 18.0. The van der Waals surface area contributed by atoms with Gasteiger partial charge in [-0.25, -0.2) is 0 Å². The van der Waals surface area contributed by atoms with E-state index in [1.807, 2.05) is 36.2 Å². The van der Waals surface area contributed by atoms with E-state index < -0.39 is 0 Å². The Hall–Kier alpha value is -1.46. The lowest BCUT2D eigenvalue weighted by Crippen LogP contribution is -2.30. The Bertz CT molecular complexity index is 715. The number of carbonyl (C=O) groups excluding carboxylic acids is 1. The topological polar surface area (TPSA) is 41.6 Å². The molecule has 1 N–H and O–H groups in total. The molecule has 0 unspecified atom stereocenters. The first-order valence-corrected chi connectivity index (χ1v) is 8.28. The van der Waals surface area contributed by atoms with E-state index in [0.717, 1.165) is 11.3 Å². The fraction of sp³-hybridized carbons (Fsp3) is 0.235. The molecule has 128 valence electrons. The third-order valence-corrected chi connectivity index (χ3v) is 4.09. The number of likely N-dealkylation sites (N-methyl/N-ethyl adjacent to an activating group) is 1. The van der Waals surface area contributed by atoms with Gasteiger partial charge in [-0.2, -0.15) is 0 Å². The molecule has 0 atom stereocenters. The van der Waals surface area contributed by atoms with Gasteiger partial charge >= 0.3 is 0 Å². The minimum atomic E-state index is -0.216. The van der Waals surface area contributed by atoms with Gasteiger partial charge in [-0.15, -0.1) is 0 Å². The van der Waals surface area contributed by atoms with Crippen molar-refractivity contribution in [3.63, 3.8) is 0 Å². The first-order chi connectivity index (χ1) is 11.4. The van der Waals surface area contributed by atoms with Gasteiger partial charge in [-0.1, -0.05) is 46.9 Å². The third-order valence-electron chi connectivity index (χ3n) is 3.27. The SMILES string of the molecule is COc1cccc(CN(C)CC(=O)Nc2c(Cl)cc(Cl)cc2Cl)c1. The van der Waals surface area contributed by atoms with Crippen molar-refractivity contribution in [1.82, 2.24) is 4.90 Å². The lowest BCUT2D eigenvalue weighted by molar-refractivity contribution is -0.117. The lowest BCUT2D eigenvalue weighted by atomic mass is 10.2. The van der Waals surface area contributed by atoms with Gasteiger partial charge in [0.05, 0.1) is 29.4 Å². The van der Waals surface area contributed by atoms with Crippen LogP contribution in [0.2, 0.25) is 15.1 Å². The van der Waals surface area contributed by atoms with Gasteiger partial charge in [0, 0.05) is 11.6 Å². The summed E-state index contributed by atoms with van der Waals surface area (Å²) in [5.41, 5.74) is 1.41. The van der Waals surface area contributed by atoms with Crippen molar-refractivity contribution < 1.29 is 9.53 Å². The van der Waals surface area contributed by atoms with Crippen molar-refractivity contribution >= 4 is 46.4 Å². The molecule has 0 heterocycles. The lowest BCUT2D eigenvalue weighted by Gasteiger charge is -2.17. The van der Waals surface area contributed by atoms with E-state index >= 15 is 0 Å². The van der Waals surface area contributed by atoms with Crippen LogP contribution < -0.4 is 10.1 Å². The van der Waals surface area contributed by atoms with Crippen LogP contribution in [0.1, 0.15) is 5.56 Å². The summed E-state index contributed by atoms with van der Waals surface area (Å²) < 4.78 is 5.19. The Morgan fingerprint density at radius 3 is 2.46 bits per heavy atom. The molecule has 0 spiro atoms. The number of methoxy groups -OCH3 is 1. The zero-order chi connectivity index (χ0) is 17.7. The van der Waals surface area contributed by atoms with Crippen LogP contribution in [0.15, 0.2) is 36.4 Å². The smallest absolute Gasteiger partial charge is 0.238 e. The molecule has 0 bridgehead atoms. The van der Waals surface area contributed by atoms with E-state index in [1.165, 1.54) is 12.1 Å². The molecule has 2 rings (SSSR count). The standard InChI is InChI=1S/C17H17Cl3N2O2/c1-22(9-11-4-3-5-13(6-11)24-2)10-16(23)21-17-14(19)7-12(18)8-15(17)20/h3-8H,9-10H2,1-2H3,(H,21,23). The number of carbonyl (C=O) groups is 1. The zero-order valence-corrected chi connectivity index (χ0v) is 15.5. The molecule has 0 aliphatic carbocycles. The normalized spacial score (nSPS) is 10.8. The molecule has 0 aliphatic heterocycles. The first kappa shape index (κ1) is 18.9. The summed E-state index contributed by atoms with van der Waals surface area (Å²) in [7, 11) is 3.47. The molecule has 7 heteroatoms. The van der Waals surface area contributed by atoms with Crippen molar-refractivity contribution in [2.24, 2.45) is 0 Å². The van der Waals surface area contributed by atoms with E-state index in [9.17, 15) is 4.79 Å². The van der Waals surface area contributed by atoms with Gasteiger partial charge in [0.15, 0.2) is 0 Å². The number of ether oxygens (including phenoxy) is 1. The summed E-state index contributed by atoms with van der Waals surface area (Å²) in [6.07, 6.45) is 0. The van der Waals surface area contributed by atoms with Crippen LogP contribution in [0, 0.1) is 0 Å². The van der Waals surface area contributed by atoms with Crippen LogP contribution in [-0.4, -0.2) is 31.5 Å². The number of nitrogens with one attached hydrogen (secondary N) is 1. The maximum atomic E-state index is 12.2. The maximum Gasteiger partial charge on any atom is 0.238 e. The van der Waals surface area contributed by atoms with Crippen LogP contribution in [0.4, 0.5) is 5.69 Å². The highest BCUT2D eigenvalue weighted by atomic mass is 35.5. The highest BCUT2D eigenvalue weighted by molar-refractivity contribution is 6.42. The number of anilines is 1. The minimum absolute atomic E-state index is 0.187. The molecule has 0 radical (unpaired) electrons. The molecule has 4 nitrogen and oxygen atoms in total. The van der Waals surface area contributed by atoms with Crippen LogP contribution in [0.25, 0.3) is 0 Å². The molecule has 2 aromatic carbocycles. The highest BCUT2D eigenvalue weighted by Crippen LogP contribution is 2.33. The van der Waals surface area contributed by atoms with E-state index in [2.05, 4.69) is 5.32 Å². The predicted molar refractivity (Wildman–Crippen MR) is 99.4 cm³/mol. The maximum absolute atomic E-state index is 12.2. The molecule has 0 aliphatic rings. The predicted octanol–water partition coefficient (Wildman–Crippen LogP) is 4.73. The highest BCUT2D eigenvalue weighted by Gasteiger charge is 2.13. The van der Waals surface area contributed by atoms with Crippen LogP contribution in [0.5, 0.6) is 5.75 Å². The van der Waals surface area contributed by atoms with Gasteiger partial charge in [-0.05, 0) is 36.9 Å². The van der Waals surface area contributed by atoms with Gasteiger partial charge in [0.25, 0.3) is 0 Å². The molecular weight excluding hydrogens is 371 g/mol. The van der Waals surface area contributed by atoms with E-state index in [1.54, 1.807) is 7.11 Å². The summed E-state index contributed by atoms with van der Waals surface area (Å²) in [4.78, 5) is 14.1. The second-order valence-corrected chi connectivity index (χ2v) is 6.57. The van der Waals surface area contributed by atoms with Crippen molar-refractivity contribution in [3.05, 3.63) is 57.0 Å². The quantitative estimate of drug-likeness (QED) is 0.779. The molecule has 1 amide bonds. The summed E-state index contributed by atoms with van der Waals surface area (Å²) in [6.45, 7) is 0.791. The van der Waals surface area contributed by atoms with Crippen molar-refractivity contribution in [3.8, 4) is 5.75 Å². The van der Waals surface area contributed by atoms with Gasteiger partial charge in [0.2, 0.25) is 5.91 Å². The van der Waals surface area contributed by atoms with E-state index in [0.29, 0.717) is 27.3 Å². The Morgan fingerprint density at radius 2 is 1.83 bits per heavy atom. The molecule has 24 heavy (non-hydrogen) atoms. The van der Waals surface area contributed by atoms with Crippen molar-refractivity contribution in [2.45, 2.75) is 6.54 Å². The molecule has 2 aromatic rings. The second kappa shape index (κ2) is 8.58. The average Bonchev–Trinajstić information content (AvgIpc) is 2.50. The molecule has 0 saturated carbocycles. The zero-order valence-electron chi connectivity index (χ0n) is 13.3. The summed E-state index contributed by atoms with van der Waals surface area (Å²) in [5.74, 6) is 0.566. The van der Waals surface area contributed by atoms with Crippen molar-refractivity contribution in [1.29, 1.82) is 0 Å². The van der Waals surface area contributed by atoms with Crippen LogP contribution >= 0.6 is 34.8 Å². The van der Waals surface area contributed by atoms with Gasteiger partial charge < -0.3 is 10.1 Å². The third kappa shape index (κ3) is 5.28. The minimum Gasteiger partial charge on any atom is -0.497 e. The Balaban J connectivity index is 1.97. The second-order valence-electron chi connectivity index (χ2n) is 5.32. The fourth-order valence-electron chi connectivity index (χ4n) is 2.22. The summed E-state index contributed by atoms with van der Waals surface area (Å²) in [6, 6.07) is 10.8. The number of hydrogen-bond acceptors (Lipinski definition) is 3. The first-order valence-electron chi connectivity index (χ1n) is 7.15. The number of rotatable bonds is 6. The number of hydrogen-bond donors (Lipinski definition) is 1. The number of amides is 1. The Morgan fingerprint density at radius 1 is 1.17 bits per heavy atom. The largest absolute Gasteiger partial charge is 0.497 e. The monoisotopic (exact) mass is 386 g/mol. The van der Waals surface area contributed by atoms with Crippen LogP contribution in [-0.2, 0) is 11.3 Å². The average molecular weight is 388 g/mol. The fourth-order valence-corrected chi connectivity index (χ4v) is 3.14. The molecule has 0 aromatic heterocycles. The number of halogens is 3.